The second-order valence-corrected chi connectivity index (χ2v) is 9.84. The van der Waals surface area contributed by atoms with E-state index in [2.05, 4.69) is 0 Å². The van der Waals surface area contributed by atoms with Gasteiger partial charge in [-0.05, 0) is 50.3 Å². The summed E-state index contributed by atoms with van der Waals surface area (Å²) in [6.07, 6.45) is -0.425. The Kier molecular flexibility index (Phi) is 7.20. The molecular weight excluding hydrogens is 457 g/mol. The fourth-order valence-corrected chi connectivity index (χ4v) is 5.53. The average Bonchev–Trinajstić information content (AvgIpc) is 2.73. The third kappa shape index (κ3) is 5.40. The average molecular weight is 484 g/mol. The summed E-state index contributed by atoms with van der Waals surface area (Å²) in [7, 11) is -4.76. The smallest absolute Gasteiger partial charge is 0.408 e. The van der Waals surface area contributed by atoms with Crippen molar-refractivity contribution in [3.63, 3.8) is 0 Å². The van der Waals surface area contributed by atoms with Gasteiger partial charge in [0.05, 0.1) is 12.6 Å². The van der Waals surface area contributed by atoms with Gasteiger partial charge in [0.25, 0.3) is 0 Å². The Balaban J connectivity index is 2.00. The summed E-state index contributed by atoms with van der Waals surface area (Å²) in [6, 6.07) is 13.0. The summed E-state index contributed by atoms with van der Waals surface area (Å²) < 4.78 is 76.3. The minimum Gasteiger partial charge on any atom is -0.487 e. The molecule has 1 atom stereocenters. The minimum atomic E-state index is -4.89. The molecule has 0 amide bonds. The van der Waals surface area contributed by atoms with Crippen molar-refractivity contribution in [2.75, 3.05) is 18.8 Å². The van der Waals surface area contributed by atoms with Crippen molar-refractivity contribution in [1.29, 1.82) is 0 Å². The number of sulfonamides is 1. The second-order valence-electron chi connectivity index (χ2n) is 7.76. The summed E-state index contributed by atoms with van der Waals surface area (Å²) in [6.45, 7) is 3.34. The molecule has 0 bridgehead atoms. The van der Waals surface area contributed by atoms with E-state index < -0.39 is 25.8 Å². The maximum Gasteiger partial charge on any atom is 0.408 e. The molecule has 2 aromatic rings. The van der Waals surface area contributed by atoms with Crippen LogP contribution < -0.4 is 19.1 Å². The number of hydrogen-bond acceptors (Lipinski definition) is 5. The number of halogens is 3. The molecule has 1 aliphatic heterocycles. The van der Waals surface area contributed by atoms with Crippen LogP contribution in [-0.2, 0) is 10.0 Å². The highest BCUT2D eigenvalue weighted by molar-refractivity contribution is 7.91. The van der Waals surface area contributed by atoms with Gasteiger partial charge in [0, 0.05) is 12.1 Å². The van der Waals surface area contributed by atoms with Gasteiger partial charge in [-0.1, -0.05) is 18.2 Å². The highest BCUT2D eigenvalue weighted by Gasteiger charge is 2.52. The van der Waals surface area contributed by atoms with Crippen LogP contribution in [0.15, 0.2) is 72.5 Å². The Labute approximate surface area is 191 Å². The van der Waals surface area contributed by atoms with Gasteiger partial charge in [-0.2, -0.15) is 25.5 Å². The molecule has 0 spiro atoms. The number of quaternary nitrogens is 1. The van der Waals surface area contributed by atoms with Crippen molar-refractivity contribution in [1.82, 2.24) is 3.89 Å². The van der Waals surface area contributed by atoms with Gasteiger partial charge in [-0.3, -0.25) is 0 Å². The maximum atomic E-state index is 13.2. The van der Waals surface area contributed by atoms with Crippen molar-refractivity contribution in [2.45, 2.75) is 26.1 Å². The van der Waals surface area contributed by atoms with Crippen LogP contribution in [-0.4, -0.2) is 39.5 Å². The zero-order valence-corrected chi connectivity index (χ0v) is 19.1. The van der Waals surface area contributed by atoms with E-state index in [1.165, 1.54) is 36.4 Å². The van der Waals surface area contributed by atoms with Crippen LogP contribution in [0.3, 0.4) is 0 Å². The van der Waals surface area contributed by atoms with Crippen molar-refractivity contribution >= 4 is 15.7 Å². The molecule has 6 nitrogen and oxygen atoms in total. The standard InChI is InChI=1S/C23H26F3N2O4S/c1-17(2)31-21-8-3-4-9-22(21)32-20-12-10-18(11-13-20)28(14-6-5-7-19(28)15-27)33(29,30)16-23(24,25)26/h3-13,17H,14-16,27H2,1-2H3/q+1. The normalized spacial score (nSPS) is 18.8. The number of ether oxygens (including phenoxy) is 2. The van der Waals surface area contributed by atoms with E-state index in [0.717, 1.165) is 0 Å². The number of benzene rings is 2. The minimum absolute atomic E-state index is 0.0750. The van der Waals surface area contributed by atoms with Crippen LogP contribution in [0, 0.1) is 0 Å². The second kappa shape index (κ2) is 9.58. The molecule has 0 saturated carbocycles. The molecule has 10 heteroatoms. The first-order valence-electron chi connectivity index (χ1n) is 10.3. The lowest BCUT2D eigenvalue weighted by atomic mass is 10.2. The summed E-state index contributed by atoms with van der Waals surface area (Å²) in [4.78, 5) is 0. The van der Waals surface area contributed by atoms with Gasteiger partial charge in [0.15, 0.2) is 22.9 Å². The number of nitrogens with zero attached hydrogens (tertiary/aromatic N) is 1. The summed E-state index contributed by atoms with van der Waals surface area (Å²) >= 11 is 0. The predicted octanol–water partition coefficient (Wildman–Crippen LogP) is 4.88. The summed E-state index contributed by atoms with van der Waals surface area (Å²) in [5, 5.41) is 0. The molecule has 0 saturated heterocycles. The molecule has 1 heterocycles. The van der Waals surface area contributed by atoms with Crippen LogP contribution in [0.25, 0.3) is 0 Å². The van der Waals surface area contributed by atoms with Gasteiger partial charge in [-0.25, -0.2) is 0 Å². The van der Waals surface area contributed by atoms with E-state index in [4.69, 9.17) is 15.2 Å². The first-order chi connectivity index (χ1) is 15.5. The zero-order valence-electron chi connectivity index (χ0n) is 18.2. The highest BCUT2D eigenvalue weighted by atomic mass is 32.2. The molecule has 1 unspecified atom stereocenters. The molecular formula is C23H26F3N2O4S+. The lowest BCUT2D eigenvalue weighted by Gasteiger charge is -2.38. The Morgan fingerprint density at radius 2 is 1.70 bits per heavy atom. The summed E-state index contributed by atoms with van der Waals surface area (Å²) in [5.41, 5.74) is 6.05. The first-order valence-corrected chi connectivity index (χ1v) is 11.9. The third-order valence-electron chi connectivity index (χ3n) is 4.97. The fraction of sp³-hybridized carbons (Fsp3) is 0.304. The fourth-order valence-electron chi connectivity index (χ4n) is 3.65. The molecule has 3 rings (SSSR count). The van der Waals surface area contributed by atoms with Crippen LogP contribution in [0.5, 0.6) is 17.2 Å². The number of para-hydroxylation sites is 2. The molecule has 0 radical (unpaired) electrons. The molecule has 1 aliphatic rings. The van der Waals surface area contributed by atoms with Crippen LogP contribution in [0.2, 0.25) is 0 Å². The number of rotatable bonds is 8. The predicted molar refractivity (Wildman–Crippen MR) is 122 cm³/mol. The SMILES string of the molecule is CC(C)Oc1ccccc1Oc1ccc([N+]2(S(=O)(=O)CC(F)(F)F)CC=CC=C2CN)cc1. The van der Waals surface area contributed by atoms with E-state index in [0.29, 0.717) is 17.2 Å². The highest BCUT2D eigenvalue weighted by Crippen LogP contribution is 2.39. The first kappa shape index (κ1) is 24.8. The van der Waals surface area contributed by atoms with Gasteiger partial charge < -0.3 is 15.2 Å². The molecule has 0 aromatic heterocycles. The molecule has 178 valence electrons. The van der Waals surface area contributed by atoms with Crippen LogP contribution in [0.1, 0.15) is 13.8 Å². The van der Waals surface area contributed by atoms with E-state index >= 15 is 0 Å². The van der Waals surface area contributed by atoms with E-state index in [-0.39, 0.29) is 30.6 Å². The molecule has 2 aromatic carbocycles. The van der Waals surface area contributed by atoms with Gasteiger partial charge in [-0.15, -0.1) is 0 Å². The van der Waals surface area contributed by atoms with E-state index in [9.17, 15) is 21.6 Å². The Bertz CT molecular complexity index is 1140. The number of nitrogens with two attached hydrogens (primary N) is 1. The topological polar surface area (TPSA) is 78.6 Å². The largest absolute Gasteiger partial charge is 0.487 e. The van der Waals surface area contributed by atoms with Gasteiger partial charge >= 0.3 is 16.2 Å². The monoisotopic (exact) mass is 483 g/mol. The molecule has 0 aliphatic carbocycles. The van der Waals surface area contributed by atoms with E-state index in [1.54, 1.807) is 30.3 Å². The Morgan fingerprint density at radius 3 is 2.27 bits per heavy atom. The lowest BCUT2D eigenvalue weighted by molar-refractivity contribution is -0.106. The van der Waals surface area contributed by atoms with Gasteiger partial charge in [0.1, 0.15) is 18.0 Å². The van der Waals surface area contributed by atoms with Crippen molar-refractivity contribution < 1.29 is 31.1 Å². The van der Waals surface area contributed by atoms with Crippen molar-refractivity contribution in [2.24, 2.45) is 5.73 Å². The van der Waals surface area contributed by atoms with Gasteiger partial charge in [0.2, 0.25) is 0 Å². The Hall–Kier alpha value is -2.82. The van der Waals surface area contributed by atoms with E-state index in [1.807, 2.05) is 13.8 Å². The third-order valence-corrected chi connectivity index (χ3v) is 7.21. The summed E-state index contributed by atoms with van der Waals surface area (Å²) in [5.74, 6) is -0.613. The van der Waals surface area contributed by atoms with Crippen LogP contribution >= 0.6 is 0 Å². The van der Waals surface area contributed by atoms with Crippen LogP contribution in [0.4, 0.5) is 18.9 Å². The Morgan fingerprint density at radius 1 is 1.06 bits per heavy atom. The number of allylic oxidation sites excluding steroid dienone is 2. The molecule has 0 fully saturated rings. The quantitative estimate of drug-likeness (QED) is 0.542. The zero-order chi connectivity index (χ0) is 24.3. The molecule has 2 N–H and O–H groups in total. The number of hydrogen-bond donors (Lipinski definition) is 1. The lowest BCUT2D eigenvalue weighted by Crippen LogP contribution is -2.58. The van der Waals surface area contributed by atoms with Crippen molar-refractivity contribution in [3.05, 3.63) is 72.5 Å². The van der Waals surface area contributed by atoms with Crippen molar-refractivity contribution in [3.8, 4) is 17.2 Å². The maximum absolute atomic E-state index is 13.2. The molecule has 33 heavy (non-hydrogen) atoms. The number of alkyl halides is 3.